The van der Waals surface area contributed by atoms with Crippen LogP contribution in [0.2, 0.25) is 5.02 Å². The number of hydrogen-bond acceptors (Lipinski definition) is 6. The predicted molar refractivity (Wildman–Crippen MR) is 197 cm³/mol. The Morgan fingerprint density at radius 2 is 1.90 bits per heavy atom. The van der Waals surface area contributed by atoms with E-state index in [4.69, 9.17) is 16.3 Å². The van der Waals surface area contributed by atoms with E-state index in [0.717, 1.165) is 76.3 Å². The quantitative estimate of drug-likeness (QED) is 0.225. The van der Waals surface area contributed by atoms with Crippen molar-refractivity contribution < 1.29 is 14.6 Å². The molecule has 1 spiro atoms. The number of likely N-dealkylation sites (N-methyl/N-ethyl adjacent to an activating group) is 1. The number of carboxylic acid groups (broad SMARTS) is 1. The van der Waals surface area contributed by atoms with Crippen LogP contribution >= 0.6 is 11.6 Å². The molecule has 1 aliphatic heterocycles. The highest BCUT2D eigenvalue weighted by atomic mass is 35.5. The number of carboxylic acids is 1. The largest absolute Gasteiger partial charge is 0.493 e. The minimum absolute atomic E-state index is 0.0545. The Bertz CT molecular complexity index is 1650. The van der Waals surface area contributed by atoms with Crippen molar-refractivity contribution in [3.05, 3.63) is 87.7 Å². The summed E-state index contributed by atoms with van der Waals surface area (Å²) in [5.41, 5.74) is 6.50. The first-order chi connectivity index (χ1) is 23.6. The molecule has 2 fully saturated rings. The number of nitrogens with zero attached hydrogens (tertiary/aromatic N) is 3. The fourth-order valence-corrected chi connectivity index (χ4v) is 9.70. The summed E-state index contributed by atoms with van der Waals surface area (Å²) in [6, 6.07) is 16.7. The van der Waals surface area contributed by atoms with Gasteiger partial charge in [0.1, 0.15) is 11.3 Å². The van der Waals surface area contributed by atoms with Crippen LogP contribution in [-0.2, 0) is 29.6 Å². The van der Waals surface area contributed by atoms with Crippen LogP contribution in [0.3, 0.4) is 0 Å². The van der Waals surface area contributed by atoms with Crippen molar-refractivity contribution in [1.82, 2.24) is 14.8 Å². The van der Waals surface area contributed by atoms with Gasteiger partial charge in [0.2, 0.25) is 0 Å². The monoisotopic (exact) mass is 684 g/mol. The third-order valence-corrected chi connectivity index (χ3v) is 12.6. The Kier molecular flexibility index (Phi) is 9.98. The second-order valence-electron chi connectivity index (χ2n) is 15.8. The summed E-state index contributed by atoms with van der Waals surface area (Å²) in [6.45, 7) is 10.7. The maximum Gasteiger partial charge on any atom is 0.329 e. The highest BCUT2D eigenvalue weighted by molar-refractivity contribution is 6.30. The first-order valence-corrected chi connectivity index (χ1v) is 18.9. The van der Waals surface area contributed by atoms with Crippen LogP contribution < -0.4 is 10.1 Å². The first-order valence-electron chi connectivity index (χ1n) is 18.5. The molecule has 7 nitrogen and oxygen atoms in total. The van der Waals surface area contributed by atoms with Gasteiger partial charge < -0.3 is 20.1 Å². The van der Waals surface area contributed by atoms with E-state index in [9.17, 15) is 9.90 Å². The zero-order valence-electron chi connectivity index (χ0n) is 29.5. The molecule has 3 aromatic rings. The molecule has 49 heavy (non-hydrogen) atoms. The van der Waals surface area contributed by atoms with Gasteiger partial charge in [-0.3, -0.25) is 9.88 Å². The number of aryl methyl sites for hydroxylation is 1. The van der Waals surface area contributed by atoms with Crippen LogP contribution in [-0.4, -0.2) is 71.2 Å². The number of hydrogen-bond donors (Lipinski definition) is 2. The molecule has 0 radical (unpaired) electrons. The molecule has 1 unspecified atom stereocenters. The van der Waals surface area contributed by atoms with Crippen molar-refractivity contribution in [1.29, 1.82) is 0 Å². The maximum atomic E-state index is 13.0. The van der Waals surface area contributed by atoms with Gasteiger partial charge in [-0.15, -0.1) is 0 Å². The van der Waals surface area contributed by atoms with Crippen LogP contribution in [0.5, 0.6) is 5.75 Å². The summed E-state index contributed by atoms with van der Waals surface area (Å²) in [4.78, 5) is 22.7. The van der Waals surface area contributed by atoms with Crippen LogP contribution in [0.15, 0.2) is 54.7 Å². The second kappa shape index (κ2) is 14.2. The molecule has 1 saturated heterocycles. The number of aliphatic carboxylic acids is 1. The van der Waals surface area contributed by atoms with Gasteiger partial charge in [-0.25, -0.2) is 4.79 Å². The lowest BCUT2D eigenvalue weighted by Crippen LogP contribution is -2.53. The van der Waals surface area contributed by atoms with Crippen molar-refractivity contribution in [2.75, 3.05) is 45.2 Å². The van der Waals surface area contributed by atoms with E-state index in [1.807, 2.05) is 30.5 Å². The summed E-state index contributed by atoms with van der Waals surface area (Å²) in [7, 11) is 2.20. The lowest BCUT2D eigenvalue weighted by atomic mass is 9.59. The number of nitrogens with one attached hydrogen (secondary N) is 1. The van der Waals surface area contributed by atoms with Gasteiger partial charge in [0.15, 0.2) is 0 Å². The lowest BCUT2D eigenvalue weighted by molar-refractivity contribution is -0.144. The van der Waals surface area contributed by atoms with Crippen molar-refractivity contribution in [3.63, 3.8) is 0 Å². The van der Waals surface area contributed by atoms with E-state index in [1.165, 1.54) is 40.8 Å². The Hall–Kier alpha value is -3.13. The summed E-state index contributed by atoms with van der Waals surface area (Å²) in [5, 5.41) is 14.7. The zero-order valence-corrected chi connectivity index (χ0v) is 30.3. The molecule has 8 heteroatoms. The molecule has 262 valence electrons. The van der Waals surface area contributed by atoms with E-state index < -0.39 is 11.5 Å². The third-order valence-electron chi connectivity index (χ3n) is 12.4. The average Bonchev–Trinajstić information content (AvgIpc) is 3.37. The van der Waals surface area contributed by atoms with Gasteiger partial charge in [0, 0.05) is 60.9 Å². The number of anilines is 1. The van der Waals surface area contributed by atoms with Gasteiger partial charge in [0.25, 0.3) is 0 Å². The Morgan fingerprint density at radius 3 is 2.65 bits per heavy atom. The standard InChI is InChI=1S/C41H53ClN4O3/c1-28(27-49-37-12-17-43-36-9-4-6-29(2)38(36)37)22-32-24-31-11-10-30(26-46-20-18-45(3)19-21-46)23-35(31)40(32)13-15-41(16-14-40,39(47)48)44-34-8-5-7-33(42)25-34/h5,7-8,10-12,17,23,25,28-29,32,44H,4,6,9,13-16,18-22,24,26-27H2,1-3H3,(H,47,48)/t28-,29-,32?,40?,41?/m1/s1. The molecule has 3 aliphatic carbocycles. The molecule has 3 atom stereocenters. The summed E-state index contributed by atoms with van der Waals surface area (Å²) in [5.74, 6) is 1.51. The number of aromatic nitrogens is 1. The summed E-state index contributed by atoms with van der Waals surface area (Å²) >= 11 is 6.30. The van der Waals surface area contributed by atoms with Crippen molar-refractivity contribution in [2.45, 2.75) is 95.1 Å². The normalized spacial score (nSPS) is 27.8. The zero-order chi connectivity index (χ0) is 34.2. The molecular weight excluding hydrogens is 632 g/mol. The maximum absolute atomic E-state index is 13.0. The van der Waals surface area contributed by atoms with Gasteiger partial charge >= 0.3 is 5.97 Å². The number of piperazine rings is 1. The Morgan fingerprint density at radius 1 is 1.10 bits per heavy atom. The molecule has 1 aromatic heterocycles. The molecule has 2 heterocycles. The molecule has 7 rings (SSSR count). The predicted octanol–water partition coefficient (Wildman–Crippen LogP) is 7.95. The number of fused-ring (bicyclic) bond motifs is 3. The molecule has 1 saturated carbocycles. The second-order valence-corrected chi connectivity index (χ2v) is 16.2. The van der Waals surface area contributed by atoms with Crippen molar-refractivity contribution in [3.8, 4) is 5.75 Å². The minimum atomic E-state index is -1.02. The average molecular weight is 685 g/mol. The lowest BCUT2D eigenvalue weighted by Gasteiger charge is -2.47. The summed E-state index contributed by atoms with van der Waals surface area (Å²) < 4.78 is 6.60. The van der Waals surface area contributed by atoms with E-state index in [1.54, 1.807) is 0 Å². The fraction of sp³-hybridized carbons (Fsp3) is 0.561. The molecule has 0 bridgehead atoms. The minimum Gasteiger partial charge on any atom is -0.493 e. The fourth-order valence-electron chi connectivity index (χ4n) is 9.51. The van der Waals surface area contributed by atoms with Gasteiger partial charge in [-0.05, 0) is 129 Å². The molecule has 0 amide bonds. The van der Waals surface area contributed by atoms with Crippen molar-refractivity contribution >= 4 is 23.3 Å². The Balaban J connectivity index is 1.13. The van der Waals surface area contributed by atoms with Gasteiger partial charge in [-0.1, -0.05) is 49.7 Å². The number of benzene rings is 2. The SMILES string of the molecule is C[C@@H](COc1ccnc2c1[C@H](C)CCC2)CC1Cc2ccc(CN3CCN(C)CC3)cc2C12CCC(Nc1cccc(Cl)c1)(C(=O)O)CC2. The van der Waals surface area contributed by atoms with Crippen LogP contribution in [0, 0.1) is 11.8 Å². The van der Waals surface area contributed by atoms with Crippen molar-refractivity contribution in [2.24, 2.45) is 11.8 Å². The van der Waals surface area contributed by atoms with Gasteiger partial charge in [0.05, 0.1) is 6.61 Å². The van der Waals surface area contributed by atoms with Crippen LogP contribution in [0.25, 0.3) is 0 Å². The van der Waals surface area contributed by atoms with E-state index in [0.29, 0.717) is 42.2 Å². The molecule has 2 aromatic carbocycles. The first kappa shape index (κ1) is 34.3. The summed E-state index contributed by atoms with van der Waals surface area (Å²) in [6.07, 6.45) is 10.2. The number of rotatable bonds is 10. The van der Waals surface area contributed by atoms with Gasteiger partial charge in [-0.2, -0.15) is 0 Å². The van der Waals surface area contributed by atoms with Crippen LogP contribution in [0.1, 0.15) is 92.7 Å². The smallest absolute Gasteiger partial charge is 0.329 e. The van der Waals surface area contributed by atoms with Crippen LogP contribution in [0.4, 0.5) is 5.69 Å². The number of carbonyl (C=O) groups is 1. The highest BCUT2D eigenvalue weighted by Crippen LogP contribution is 2.56. The topological polar surface area (TPSA) is 77.9 Å². The van der Waals surface area contributed by atoms with E-state index in [2.05, 4.69) is 65.3 Å². The Labute approximate surface area is 297 Å². The van der Waals surface area contributed by atoms with E-state index in [-0.39, 0.29) is 5.41 Å². The number of pyridine rings is 1. The van der Waals surface area contributed by atoms with E-state index >= 15 is 0 Å². The number of halogens is 1. The highest BCUT2D eigenvalue weighted by Gasteiger charge is 2.54. The number of ether oxygens (including phenoxy) is 1. The third kappa shape index (κ3) is 7.09. The molecule has 4 aliphatic rings. The molecule has 2 N–H and O–H groups in total. The molecular formula is C41H53ClN4O3.